The van der Waals surface area contributed by atoms with Crippen molar-refractivity contribution >= 4 is 56.2 Å². The average Bonchev–Trinajstić information content (AvgIpc) is 3.56. The van der Waals surface area contributed by atoms with Gasteiger partial charge in [0.15, 0.2) is 5.65 Å². The van der Waals surface area contributed by atoms with Crippen LogP contribution in [0.3, 0.4) is 0 Å². The number of methoxy groups -OCH3 is 1. The minimum atomic E-state index is -0.474. The molecule has 0 fully saturated rings. The maximum atomic E-state index is 14.2. The van der Waals surface area contributed by atoms with Crippen LogP contribution in [-0.4, -0.2) is 40.1 Å². The van der Waals surface area contributed by atoms with Crippen molar-refractivity contribution in [1.82, 2.24) is 14.5 Å². The highest BCUT2D eigenvalue weighted by molar-refractivity contribution is 7.17. The van der Waals surface area contributed by atoms with Crippen LogP contribution >= 0.6 is 11.3 Å². The van der Waals surface area contributed by atoms with Gasteiger partial charge in [0, 0.05) is 10.6 Å². The third-order valence-corrected chi connectivity index (χ3v) is 9.47. The summed E-state index contributed by atoms with van der Waals surface area (Å²) in [5, 5.41) is 3.49. The summed E-state index contributed by atoms with van der Waals surface area (Å²) in [6.45, 7) is 2.01. The number of hydrogen-bond donors (Lipinski definition) is 2. The quantitative estimate of drug-likeness (QED) is 0.186. The molecule has 0 saturated heterocycles. The number of anilines is 2. The standard InChI is InChI=1S/C35H31N5O4S/c1-3-44-35(42)28-24-18-13-21(20-9-5-4-6-10-20)19-27(24)45-34(28)39-33(41)29-30-32(38-26-12-8-7-11-25(26)37-30)40(31(29)36)22-14-16-23(43-2)17-15-22/h4-12,14-17,21H,3,13,18-19,36H2,1-2H3,(H,39,41). The third-order valence-electron chi connectivity index (χ3n) is 8.30. The summed E-state index contributed by atoms with van der Waals surface area (Å²) in [6.07, 6.45) is 2.40. The average molecular weight is 618 g/mol. The number of esters is 1. The van der Waals surface area contributed by atoms with E-state index in [1.807, 2.05) is 66.7 Å². The zero-order valence-electron chi connectivity index (χ0n) is 24.9. The molecule has 6 aromatic rings. The molecular formula is C35H31N5O4S. The largest absolute Gasteiger partial charge is 0.497 e. The first-order valence-corrected chi connectivity index (χ1v) is 15.7. The maximum Gasteiger partial charge on any atom is 0.341 e. The van der Waals surface area contributed by atoms with E-state index in [2.05, 4.69) is 17.4 Å². The number of nitrogens with zero attached hydrogens (tertiary/aromatic N) is 3. The molecular weight excluding hydrogens is 586 g/mol. The van der Waals surface area contributed by atoms with Crippen LogP contribution in [0.2, 0.25) is 0 Å². The fourth-order valence-electron chi connectivity index (χ4n) is 6.15. The number of hydrogen-bond acceptors (Lipinski definition) is 8. The highest BCUT2D eigenvalue weighted by Crippen LogP contribution is 2.43. The van der Waals surface area contributed by atoms with Crippen LogP contribution in [0, 0.1) is 0 Å². The number of amides is 1. The summed E-state index contributed by atoms with van der Waals surface area (Å²) in [6, 6.07) is 25.2. The van der Waals surface area contributed by atoms with Gasteiger partial charge in [0.25, 0.3) is 5.91 Å². The van der Waals surface area contributed by atoms with Gasteiger partial charge in [-0.1, -0.05) is 42.5 Å². The molecule has 7 rings (SSSR count). The fourth-order valence-corrected chi connectivity index (χ4v) is 7.46. The molecule has 1 aliphatic carbocycles. The van der Waals surface area contributed by atoms with Gasteiger partial charge in [-0.3, -0.25) is 9.36 Å². The summed E-state index contributed by atoms with van der Waals surface area (Å²) in [4.78, 5) is 38.3. The van der Waals surface area contributed by atoms with E-state index >= 15 is 0 Å². The number of nitrogens with two attached hydrogens (primary N) is 1. The lowest BCUT2D eigenvalue weighted by molar-refractivity contribution is 0.0526. The van der Waals surface area contributed by atoms with Gasteiger partial charge >= 0.3 is 5.97 Å². The van der Waals surface area contributed by atoms with Crippen molar-refractivity contribution in [2.75, 3.05) is 24.8 Å². The molecule has 1 aliphatic rings. The summed E-state index contributed by atoms with van der Waals surface area (Å²) in [7, 11) is 1.60. The second-order valence-electron chi connectivity index (χ2n) is 10.9. The number of rotatable bonds is 7. The Morgan fingerprint density at radius 3 is 2.40 bits per heavy atom. The highest BCUT2D eigenvalue weighted by atomic mass is 32.1. The zero-order valence-corrected chi connectivity index (χ0v) is 25.7. The number of thiophene rings is 1. The van der Waals surface area contributed by atoms with Crippen molar-refractivity contribution in [3.8, 4) is 11.4 Å². The van der Waals surface area contributed by atoms with Crippen molar-refractivity contribution in [2.45, 2.75) is 32.1 Å². The third kappa shape index (κ3) is 5.06. The van der Waals surface area contributed by atoms with E-state index in [-0.39, 0.29) is 18.0 Å². The van der Waals surface area contributed by atoms with Gasteiger partial charge in [-0.05, 0) is 79.6 Å². The van der Waals surface area contributed by atoms with Crippen LogP contribution in [0.25, 0.3) is 27.9 Å². The molecule has 3 aromatic heterocycles. The Morgan fingerprint density at radius 1 is 0.978 bits per heavy atom. The number of fused-ring (bicyclic) bond motifs is 3. The fraction of sp³-hybridized carbons (Fsp3) is 0.200. The predicted octanol–water partition coefficient (Wildman–Crippen LogP) is 6.93. The van der Waals surface area contributed by atoms with Crippen LogP contribution in [0.5, 0.6) is 5.75 Å². The van der Waals surface area contributed by atoms with Gasteiger partial charge in [0.2, 0.25) is 0 Å². The molecule has 0 saturated carbocycles. The van der Waals surface area contributed by atoms with Gasteiger partial charge in [0.1, 0.15) is 27.6 Å². The molecule has 0 aliphatic heterocycles. The molecule has 0 bridgehead atoms. The van der Waals surface area contributed by atoms with E-state index in [0.717, 1.165) is 23.3 Å². The van der Waals surface area contributed by atoms with Crippen LogP contribution in [0.15, 0.2) is 78.9 Å². The van der Waals surface area contributed by atoms with Gasteiger partial charge in [-0.2, -0.15) is 0 Å². The number of para-hydroxylation sites is 2. The topological polar surface area (TPSA) is 121 Å². The van der Waals surface area contributed by atoms with E-state index in [1.165, 1.54) is 16.9 Å². The van der Waals surface area contributed by atoms with Crippen molar-refractivity contribution in [1.29, 1.82) is 0 Å². The van der Waals surface area contributed by atoms with E-state index in [1.54, 1.807) is 18.6 Å². The number of aromatic nitrogens is 3. The maximum absolute atomic E-state index is 14.2. The van der Waals surface area contributed by atoms with Crippen molar-refractivity contribution in [3.63, 3.8) is 0 Å². The van der Waals surface area contributed by atoms with Crippen molar-refractivity contribution in [3.05, 3.63) is 106 Å². The normalized spacial score (nSPS) is 14.3. The first kappa shape index (κ1) is 28.5. The minimum Gasteiger partial charge on any atom is -0.497 e. The first-order valence-electron chi connectivity index (χ1n) is 14.9. The van der Waals surface area contributed by atoms with Gasteiger partial charge in [0.05, 0.1) is 30.3 Å². The highest BCUT2D eigenvalue weighted by Gasteiger charge is 2.32. The monoisotopic (exact) mass is 617 g/mol. The number of ether oxygens (including phenoxy) is 2. The molecule has 0 radical (unpaired) electrons. The number of carbonyl (C=O) groups is 2. The van der Waals surface area contributed by atoms with Crippen molar-refractivity contribution in [2.24, 2.45) is 0 Å². The van der Waals surface area contributed by atoms with E-state index in [4.69, 9.17) is 25.2 Å². The molecule has 1 atom stereocenters. The Balaban J connectivity index is 1.33. The molecule has 3 heterocycles. The Morgan fingerprint density at radius 2 is 1.69 bits per heavy atom. The van der Waals surface area contributed by atoms with E-state index < -0.39 is 11.9 Å². The van der Waals surface area contributed by atoms with E-state index in [9.17, 15) is 9.59 Å². The lowest BCUT2D eigenvalue weighted by Gasteiger charge is -2.23. The zero-order chi connectivity index (χ0) is 31.1. The molecule has 226 valence electrons. The minimum absolute atomic E-state index is 0.183. The van der Waals surface area contributed by atoms with Gasteiger partial charge in [-0.15, -0.1) is 11.3 Å². The van der Waals surface area contributed by atoms with Gasteiger partial charge < -0.3 is 20.5 Å². The van der Waals surface area contributed by atoms with Crippen LogP contribution < -0.4 is 15.8 Å². The van der Waals surface area contributed by atoms with Crippen LogP contribution in [0.1, 0.15) is 56.0 Å². The molecule has 10 heteroatoms. The Bertz CT molecular complexity index is 2070. The molecule has 3 N–H and O–H groups in total. The Kier molecular flexibility index (Phi) is 7.42. The molecule has 9 nitrogen and oxygen atoms in total. The van der Waals surface area contributed by atoms with E-state index in [0.29, 0.717) is 56.5 Å². The van der Waals surface area contributed by atoms with Crippen LogP contribution in [0.4, 0.5) is 10.8 Å². The molecule has 3 aromatic carbocycles. The number of nitrogens with one attached hydrogen (secondary N) is 1. The number of nitrogen functional groups attached to an aromatic ring is 1. The second-order valence-corrected chi connectivity index (χ2v) is 12.0. The predicted molar refractivity (Wildman–Crippen MR) is 177 cm³/mol. The summed E-state index contributed by atoms with van der Waals surface area (Å²) in [5.74, 6) is 0.288. The summed E-state index contributed by atoms with van der Waals surface area (Å²) in [5.41, 5.74) is 12.4. The van der Waals surface area contributed by atoms with Crippen molar-refractivity contribution < 1.29 is 19.1 Å². The Labute approximate surface area is 263 Å². The van der Waals surface area contributed by atoms with Gasteiger partial charge in [-0.25, -0.2) is 14.8 Å². The number of benzene rings is 3. The molecule has 1 unspecified atom stereocenters. The Hall–Kier alpha value is -5.22. The van der Waals surface area contributed by atoms with Crippen LogP contribution in [-0.2, 0) is 17.6 Å². The molecule has 1 amide bonds. The lowest BCUT2D eigenvalue weighted by Crippen LogP contribution is -2.18. The molecule has 45 heavy (non-hydrogen) atoms. The second kappa shape index (κ2) is 11.7. The smallest absolute Gasteiger partial charge is 0.341 e. The first-order chi connectivity index (χ1) is 22.0. The summed E-state index contributed by atoms with van der Waals surface area (Å²) < 4.78 is 12.5. The number of carbonyl (C=O) groups excluding carboxylic acids is 2. The molecule has 0 spiro atoms. The lowest BCUT2D eigenvalue weighted by atomic mass is 9.83. The SMILES string of the molecule is CCOC(=O)c1c(NC(=O)c2c(N)n(-c3ccc(OC)cc3)c3nc4ccccc4nc23)sc2c1CCC(c1ccccc1)C2. The summed E-state index contributed by atoms with van der Waals surface area (Å²) >= 11 is 1.43.